The maximum Gasteiger partial charge on any atom is 0.217 e. The molecule has 172 valence electrons. The smallest absolute Gasteiger partial charge is 0.217 e. The minimum atomic E-state index is -0.200. The van der Waals surface area contributed by atoms with Gasteiger partial charge in [-0.2, -0.15) is 0 Å². The van der Waals surface area contributed by atoms with E-state index in [-0.39, 0.29) is 5.91 Å². The number of primary amides is 1. The van der Waals surface area contributed by atoms with E-state index in [0.29, 0.717) is 31.5 Å². The van der Waals surface area contributed by atoms with Gasteiger partial charge in [-0.1, -0.05) is 53.0 Å². The highest BCUT2D eigenvalue weighted by Gasteiger charge is 2.23. The van der Waals surface area contributed by atoms with Gasteiger partial charge in [0.05, 0.1) is 13.7 Å². The monoisotopic (exact) mass is 421 g/mol. The first-order valence-electron chi connectivity index (χ1n) is 11.5. The zero-order valence-corrected chi connectivity index (χ0v) is 20.0. The number of ether oxygens (including phenoxy) is 3. The van der Waals surface area contributed by atoms with Crippen LogP contribution in [-0.2, 0) is 16.0 Å². The van der Waals surface area contributed by atoms with Crippen molar-refractivity contribution in [1.29, 1.82) is 0 Å². The van der Waals surface area contributed by atoms with Crippen LogP contribution in [0.25, 0.3) is 0 Å². The Morgan fingerprint density at radius 1 is 0.900 bits per heavy atom. The van der Waals surface area contributed by atoms with Crippen LogP contribution >= 0.6 is 0 Å². The maximum atomic E-state index is 10.9. The molecule has 5 nitrogen and oxygen atoms in total. The molecule has 1 aromatic carbocycles. The van der Waals surface area contributed by atoms with Gasteiger partial charge >= 0.3 is 0 Å². The summed E-state index contributed by atoms with van der Waals surface area (Å²) < 4.78 is 17.3. The quantitative estimate of drug-likeness (QED) is 0.346. The minimum absolute atomic E-state index is 0.200. The van der Waals surface area contributed by atoms with Crippen molar-refractivity contribution < 1.29 is 19.0 Å². The Morgan fingerprint density at radius 3 is 2.13 bits per heavy atom. The highest BCUT2D eigenvalue weighted by molar-refractivity contribution is 5.73. The van der Waals surface area contributed by atoms with Gasteiger partial charge in [-0.3, -0.25) is 4.79 Å². The second-order valence-corrected chi connectivity index (χ2v) is 8.64. The normalized spacial score (nSPS) is 11.3. The summed E-state index contributed by atoms with van der Waals surface area (Å²) in [5.41, 5.74) is 9.06. The lowest BCUT2D eigenvalue weighted by molar-refractivity contribution is -0.118. The highest BCUT2D eigenvalue weighted by atomic mass is 16.5. The van der Waals surface area contributed by atoms with Crippen molar-refractivity contribution in [3.63, 3.8) is 0 Å². The number of carbonyl (C=O) groups is 1. The van der Waals surface area contributed by atoms with Crippen molar-refractivity contribution in [2.75, 3.05) is 27.4 Å². The predicted octanol–water partition coefficient (Wildman–Crippen LogP) is 5.73. The Hall–Kier alpha value is -1.75. The lowest BCUT2D eigenvalue weighted by Crippen LogP contribution is -2.10. The summed E-state index contributed by atoms with van der Waals surface area (Å²) in [7, 11) is 3.45. The zero-order chi connectivity index (χ0) is 22.5. The summed E-state index contributed by atoms with van der Waals surface area (Å²) in [6.45, 7) is 10.1. The number of aryl methyl sites for hydroxylation is 1. The van der Waals surface area contributed by atoms with Crippen molar-refractivity contribution >= 4 is 5.91 Å². The summed E-state index contributed by atoms with van der Waals surface area (Å²) in [5.74, 6) is 2.29. The van der Waals surface area contributed by atoms with E-state index in [2.05, 4.69) is 33.8 Å². The molecule has 2 N–H and O–H groups in total. The van der Waals surface area contributed by atoms with Gasteiger partial charge in [-0.15, -0.1) is 0 Å². The molecule has 0 unspecified atom stereocenters. The van der Waals surface area contributed by atoms with Crippen LogP contribution in [0.1, 0.15) is 101 Å². The number of rotatable bonds is 16. The van der Waals surface area contributed by atoms with Gasteiger partial charge in [-0.05, 0) is 36.7 Å². The topological polar surface area (TPSA) is 70.8 Å². The molecule has 1 amide bonds. The number of hydrogen-bond donors (Lipinski definition) is 1. The van der Waals surface area contributed by atoms with Gasteiger partial charge in [0.2, 0.25) is 5.91 Å². The van der Waals surface area contributed by atoms with E-state index in [1.165, 1.54) is 16.7 Å². The fourth-order valence-corrected chi connectivity index (χ4v) is 3.88. The number of methoxy groups -OCH3 is 2. The second-order valence-electron chi connectivity index (χ2n) is 8.64. The van der Waals surface area contributed by atoms with Crippen LogP contribution in [0, 0.1) is 0 Å². The van der Waals surface area contributed by atoms with Gasteiger partial charge in [0.15, 0.2) is 11.5 Å². The third-order valence-corrected chi connectivity index (χ3v) is 5.40. The van der Waals surface area contributed by atoms with Crippen LogP contribution in [0.15, 0.2) is 6.07 Å². The molecular weight excluding hydrogens is 378 g/mol. The molecule has 0 fully saturated rings. The average Bonchev–Trinajstić information content (AvgIpc) is 2.69. The van der Waals surface area contributed by atoms with E-state index >= 15 is 0 Å². The molecule has 0 aliphatic heterocycles. The standard InChI is InChI=1S/C25H43NO4/c1-18(2)21-17-20(13-10-8-7-9-11-14-22(26)27)23(19(3)4)25(24(21)29-6)30-16-12-15-28-5/h17-19H,7-16H2,1-6H3,(H2,26,27). The fraction of sp³-hybridized carbons (Fsp3) is 0.720. The lowest BCUT2D eigenvalue weighted by Gasteiger charge is -2.25. The van der Waals surface area contributed by atoms with Crippen LogP contribution in [0.5, 0.6) is 11.5 Å². The molecule has 0 heterocycles. The number of hydrogen-bond acceptors (Lipinski definition) is 4. The number of nitrogens with two attached hydrogens (primary N) is 1. The maximum absolute atomic E-state index is 10.9. The molecule has 0 aliphatic rings. The van der Waals surface area contributed by atoms with E-state index in [9.17, 15) is 4.79 Å². The fourth-order valence-electron chi connectivity index (χ4n) is 3.88. The van der Waals surface area contributed by atoms with Crippen LogP contribution in [-0.4, -0.2) is 33.3 Å². The number of carbonyl (C=O) groups excluding carboxylic acids is 1. The second kappa shape index (κ2) is 14.3. The first-order chi connectivity index (χ1) is 14.3. The molecule has 0 aliphatic carbocycles. The molecule has 0 spiro atoms. The van der Waals surface area contributed by atoms with Crippen molar-refractivity contribution in [3.8, 4) is 11.5 Å². The Morgan fingerprint density at radius 2 is 1.57 bits per heavy atom. The molecule has 0 radical (unpaired) electrons. The van der Waals surface area contributed by atoms with E-state index in [1.807, 2.05) is 0 Å². The molecule has 0 saturated heterocycles. The Labute approximate surface area is 183 Å². The summed E-state index contributed by atoms with van der Waals surface area (Å²) >= 11 is 0. The number of unbranched alkanes of at least 4 members (excludes halogenated alkanes) is 4. The first-order valence-corrected chi connectivity index (χ1v) is 11.5. The molecular formula is C25H43NO4. The van der Waals surface area contributed by atoms with Crippen molar-refractivity contribution in [2.45, 2.75) is 90.9 Å². The van der Waals surface area contributed by atoms with Crippen LogP contribution in [0.4, 0.5) is 0 Å². The summed E-state index contributed by atoms with van der Waals surface area (Å²) in [6.07, 6.45) is 7.76. The third kappa shape index (κ3) is 8.55. The summed E-state index contributed by atoms with van der Waals surface area (Å²) in [5, 5.41) is 0. The van der Waals surface area contributed by atoms with Crippen LogP contribution in [0.2, 0.25) is 0 Å². The van der Waals surface area contributed by atoms with Gasteiger partial charge in [0, 0.05) is 37.7 Å². The molecule has 5 heteroatoms. The van der Waals surface area contributed by atoms with E-state index < -0.39 is 0 Å². The third-order valence-electron chi connectivity index (χ3n) is 5.40. The largest absolute Gasteiger partial charge is 0.493 e. The van der Waals surface area contributed by atoms with Crippen molar-refractivity contribution in [3.05, 3.63) is 22.8 Å². The molecule has 0 bridgehead atoms. The summed E-state index contributed by atoms with van der Waals surface area (Å²) in [6, 6.07) is 2.33. The van der Waals surface area contributed by atoms with Crippen LogP contribution < -0.4 is 15.2 Å². The molecule has 0 saturated carbocycles. The van der Waals surface area contributed by atoms with E-state index in [4.69, 9.17) is 19.9 Å². The lowest BCUT2D eigenvalue weighted by atomic mass is 9.87. The summed E-state index contributed by atoms with van der Waals surface area (Å²) in [4.78, 5) is 10.9. The van der Waals surface area contributed by atoms with E-state index in [0.717, 1.165) is 56.4 Å². The highest BCUT2D eigenvalue weighted by Crippen LogP contribution is 2.44. The molecule has 0 aromatic heterocycles. The molecule has 1 aromatic rings. The Kier molecular flexibility index (Phi) is 12.5. The van der Waals surface area contributed by atoms with Crippen molar-refractivity contribution in [2.24, 2.45) is 5.73 Å². The van der Waals surface area contributed by atoms with E-state index in [1.54, 1.807) is 14.2 Å². The molecule has 30 heavy (non-hydrogen) atoms. The zero-order valence-electron chi connectivity index (χ0n) is 20.0. The average molecular weight is 422 g/mol. The van der Waals surface area contributed by atoms with Crippen molar-refractivity contribution in [1.82, 2.24) is 0 Å². The van der Waals surface area contributed by atoms with Gasteiger partial charge < -0.3 is 19.9 Å². The Bertz CT molecular complexity index is 641. The van der Waals surface area contributed by atoms with Gasteiger partial charge in [-0.25, -0.2) is 0 Å². The minimum Gasteiger partial charge on any atom is -0.493 e. The number of benzene rings is 1. The first kappa shape index (κ1) is 26.3. The van der Waals surface area contributed by atoms with Gasteiger partial charge in [0.25, 0.3) is 0 Å². The SMILES string of the molecule is COCCCOc1c(OC)c(C(C)C)cc(CCCCCCCC(N)=O)c1C(C)C. The number of amides is 1. The predicted molar refractivity (Wildman–Crippen MR) is 124 cm³/mol. The Balaban J connectivity index is 2.99. The molecule has 1 rings (SSSR count). The molecule has 0 atom stereocenters. The van der Waals surface area contributed by atoms with Crippen LogP contribution in [0.3, 0.4) is 0 Å². The van der Waals surface area contributed by atoms with Gasteiger partial charge in [0.1, 0.15) is 0 Å².